The molecule has 3 aliphatic rings. The number of aliphatic hydroxyl groups is 1. The molecule has 27 heavy (non-hydrogen) atoms. The van der Waals surface area contributed by atoms with Gasteiger partial charge in [0, 0.05) is 24.1 Å². The molecule has 2 fully saturated rings. The zero-order valence-corrected chi connectivity index (χ0v) is 14.5. The standard InChI is InChI=1S/C20H19N3O4/c24-17-16-11-20(26)13-8-4-5-9-14(13)22-19(20)27-23(16)18(25)15(21-17)10-12-6-2-1-3-7-12/h1-9,15-16,19,22,26H,10-11H2,(H,21,24). The number of hydroxylamine groups is 2. The molecule has 0 bridgehead atoms. The van der Waals surface area contributed by atoms with Crippen LogP contribution in [0.1, 0.15) is 17.5 Å². The van der Waals surface area contributed by atoms with Gasteiger partial charge in [0.2, 0.25) is 5.91 Å². The third-order valence-electron chi connectivity index (χ3n) is 5.54. The molecule has 2 saturated heterocycles. The first-order chi connectivity index (χ1) is 13.1. The third-order valence-corrected chi connectivity index (χ3v) is 5.54. The molecule has 2 aromatic rings. The zero-order chi connectivity index (χ0) is 18.6. The van der Waals surface area contributed by atoms with Crippen molar-refractivity contribution in [1.82, 2.24) is 10.4 Å². The lowest BCUT2D eigenvalue weighted by Crippen LogP contribution is -2.69. The summed E-state index contributed by atoms with van der Waals surface area (Å²) >= 11 is 0. The molecule has 3 aliphatic heterocycles. The van der Waals surface area contributed by atoms with Crippen LogP contribution < -0.4 is 10.6 Å². The molecule has 0 radical (unpaired) electrons. The predicted octanol–water partition coefficient (Wildman–Crippen LogP) is 0.899. The van der Waals surface area contributed by atoms with Crippen LogP contribution in [0.15, 0.2) is 54.6 Å². The minimum atomic E-state index is -1.36. The molecule has 2 amide bonds. The number of amides is 2. The Labute approximate surface area is 155 Å². The highest BCUT2D eigenvalue weighted by atomic mass is 16.7. The van der Waals surface area contributed by atoms with E-state index in [-0.39, 0.29) is 18.2 Å². The van der Waals surface area contributed by atoms with Gasteiger partial charge in [-0.15, -0.1) is 0 Å². The molecule has 7 heteroatoms. The summed E-state index contributed by atoms with van der Waals surface area (Å²) in [7, 11) is 0. The van der Waals surface area contributed by atoms with Gasteiger partial charge in [-0.25, -0.2) is 9.90 Å². The van der Waals surface area contributed by atoms with E-state index >= 15 is 0 Å². The predicted molar refractivity (Wildman–Crippen MR) is 96.2 cm³/mol. The summed E-state index contributed by atoms with van der Waals surface area (Å²) in [5.74, 6) is -0.616. The average Bonchev–Trinajstić information content (AvgIpc) is 2.97. The summed E-state index contributed by atoms with van der Waals surface area (Å²) < 4.78 is 0. The summed E-state index contributed by atoms with van der Waals surface area (Å²) in [5.41, 5.74) is 1.02. The van der Waals surface area contributed by atoms with E-state index < -0.39 is 23.9 Å². The summed E-state index contributed by atoms with van der Waals surface area (Å²) in [5, 5.41) is 18.3. The quantitative estimate of drug-likeness (QED) is 0.736. The Balaban J connectivity index is 1.42. The molecular weight excluding hydrogens is 346 g/mol. The van der Waals surface area contributed by atoms with Gasteiger partial charge in [0.25, 0.3) is 5.91 Å². The van der Waals surface area contributed by atoms with Crippen molar-refractivity contribution in [1.29, 1.82) is 0 Å². The topological polar surface area (TPSA) is 90.9 Å². The molecule has 0 aromatic heterocycles. The van der Waals surface area contributed by atoms with Crippen molar-refractivity contribution in [3.8, 4) is 0 Å². The van der Waals surface area contributed by atoms with E-state index in [0.29, 0.717) is 12.0 Å². The molecular formula is C20H19N3O4. The van der Waals surface area contributed by atoms with E-state index in [4.69, 9.17) is 4.84 Å². The van der Waals surface area contributed by atoms with Gasteiger partial charge < -0.3 is 15.7 Å². The normalized spacial score (nSPS) is 31.4. The Morgan fingerprint density at radius 3 is 2.63 bits per heavy atom. The third kappa shape index (κ3) is 2.43. The second-order valence-electron chi connectivity index (χ2n) is 7.23. The highest BCUT2D eigenvalue weighted by Crippen LogP contribution is 2.46. The number of anilines is 1. The Bertz CT molecular complexity index is 918. The SMILES string of the molecule is O=C1NC(Cc2ccccc2)C(=O)N2OC3Nc4ccccc4C3(O)CC12. The highest BCUT2D eigenvalue weighted by molar-refractivity contribution is 5.96. The number of carbonyl (C=O) groups excluding carboxylic acids is 2. The van der Waals surface area contributed by atoms with Gasteiger partial charge in [-0.2, -0.15) is 0 Å². The fourth-order valence-corrected chi connectivity index (χ4v) is 4.16. The Hall–Kier alpha value is -2.90. The van der Waals surface area contributed by atoms with Crippen LogP contribution in [0.25, 0.3) is 0 Å². The number of rotatable bonds is 2. The van der Waals surface area contributed by atoms with Crippen LogP contribution in [0.5, 0.6) is 0 Å². The van der Waals surface area contributed by atoms with Crippen molar-refractivity contribution >= 4 is 17.5 Å². The van der Waals surface area contributed by atoms with Gasteiger partial charge in [-0.05, 0) is 11.6 Å². The van der Waals surface area contributed by atoms with E-state index in [1.807, 2.05) is 54.6 Å². The fourth-order valence-electron chi connectivity index (χ4n) is 4.16. The Kier molecular flexibility index (Phi) is 3.50. The van der Waals surface area contributed by atoms with Crippen molar-refractivity contribution in [2.45, 2.75) is 36.8 Å². The number of nitrogens with zero attached hydrogens (tertiary/aromatic N) is 1. The number of para-hydroxylation sites is 1. The largest absolute Gasteiger partial charge is 0.380 e. The second-order valence-corrected chi connectivity index (χ2v) is 7.23. The van der Waals surface area contributed by atoms with E-state index in [0.717, 1.165) is 16.3 Å². The van der Waals surface area contributed by atoms with Gasteiger partial charge in [0.15, 0.2) is 6.23 Å². The molecule has 2 aromatic carbocycles. The summed E-state index contributed by atoms with van der Waals surface area (Å²) in [4.78, 5) is 31.5. The van der Waals surface area contributed by atoms with E-state index in [2.05, 4.69) is 10.6 Å². The molecule has 5 rings (SSSR count). The first kappa shape index (κ1) is 16.3. The van der Waals surface area contributed by atoms with Crippen LogP contribution >= 0.6 is 0 Å². The fraction of sp³-hybridized carbons (Fsp3) is 0.300. The second kappa shape index (κ2) is 5.80. The molecule has 138 valence electrons. The van der Waals surface area contributed by atoms with Crippen molar-refractivity contribution in [2.24, 2.45) is 0 Å². The molecule has 0 aliphatic carbocycles. The van der Waals surface area contributed by atoms with Gasteiger partial charge >= 0.3 is 0 Å². The smallest absolute Gasteiger partial charge is 0.269 e. The van der Waals surface area contributed by atoms with Crippen LogP contribution in [-0.2, 0) is 26.4 Å². The lowest BCUT2D eigenvalue weighted by molar-refractivity contribution is -0.286. The van der Waals surface area contributed by atoms with Gasteiger partial charge in [-0.3, -0.25) is 9.59 Å². The number of benzene rings is 2. The molecule has 3 heterocycles. The van der Waals surface area contributed by atoms with Crippen LogP contribution in [-0.4, -0.2) is 40.3 Å². The zero-order valence-electron chi connectivity index (χ0n) is 14.5. The molecule has 4 atom stereocenters. The number of carbonyl (C=O) groups is 2. The monoisotopic (exact) mass is 365 g/mol. The number of hydrogen-bond acceptors (Lipinski definition) is 5. The number of hydrogen-bond donors (Lipinski definition) is 3. The lowest BCUT2D eigenvalue weighted by atomic mass is 9.85. The number of fused-ring (bicyclic) bond motifs is 4. The Morgan fingerprint density at radius 1 is 1.07 bits per heavy atom. The van der Waals surface area contributed by atoms with Crippen LogP contribution in [0.4, 0.5) is 5.69 Å². The minimum Gasteiger partial charge on any atom is -0.380 e. The van der Waals surface area contributed by atoms with E-state index in [1.54, 1.807) is 0 Å². The summed E-state index contributed by atoms with van der Waals surface area (Å²) in [6.45, 7) is 0. The molecule has 3 N–H and O–H groups in total. The average molecular weight is 365 g/mol. The lowest BCUT2D eigenvalue weighted by Gasteiger charge is -2.47. The molecule has 0 saturated carbocycles. The minimum absolute atomic E-state index is 0.0807. The van der Waals surface area contributed by atoms with E-state index in [9.17, 15) is 14.7 Å². The van der Waals surface area contributed by atoms with Crippen LogP contribution in [0.2, 0.25) is 0 Å². The first-order valence-electron chi connectivity index (χ1n) is 8.99. The van der Waals surface area contributed by atoms with Crippen LogP contribution in [0.3, 0.4) is 0 Å². The van der Waals surface area contributed by atoms with Gasteiger partial charge in [-0.1, -0.05) is 48.5 Å². The van der Waals surface area contributed by atoms with Crippen molar-refractivity contribution < 1.29 is 19.5 Å². The van der Waals surface area contributed by atoms with Crippen LogP contribution in [0, 0.1) is 0 Å². The van der Waals surface area contributed by atoms with Crippen molar-refractivity contribution in [2.75, 3.05) is 5.32 Å². The van der Waals surface area contributed by atoms with Crippen molar-refractivity contribution in [3.63, 3.8) is 0 Å². The molecule has 0 spiro atoms. The van der Waals surface area contributed by atoms with Gasteiger partial charge in [0.05, 0.1) is 0 Å². The van der Waals surface area contributed by atoms with Crippen molar-refractivity contribution in [3.05, 3.63) is 65.7 Å². The maximum absolute atomic E-state index is 13.0. The van der Waals surface area contributed by atoms with Gasteiger partial charge in [0.1, 0.15) is 17.7 Å². The van der Waals surface area contributed by atoms with E-state index in [1.165, 1.54) is 0 Å². The maximum Gasteiger partial charge on any atom is 0.269 e. The maximum atomic E-state index is 13.0. The number of nitrogens with one attached hydrogen (secondary N) is 2. The summed E-state index contributed by atoms with van der Waals surface area (Å²) in [6.07, 6.45) is -0.337. The Morgan fingerprint density at radius 2 is 1.81 bits per heavy atom. The number of piperazine rings is 1. The first-order valence-corrected chi connectivity index (χ1v) is 8.99. The molecule has 4 unspecified atom stereocenters. The summed E-state index contributed by atoms with van der Waals surface area (Å²) in [6, 6.07) is 15.3. The molecule has 7 nitrogen and oxygen atoms in total. The highest BCUT2D eigenvalue weighted by Gasteiger charge is 2.58.